The molecule has 0 radical (unpaired) electrons. The molecule has 104 valence electrons. The molecule has 0 aliphatic rings. The van der Waals surface area contributed by atoms with Gasteiger partial charge in [0.05, 0.1) is 7.11 Å². The summed E-state index contributed by atoms with van der Waals surface area (Å²) in [6.45, 7) is -0.218. The summed E-state index contributed by atoms with van der Waals surface area (Å²) in [6.07, 6.45) is -0.0853. The summed E-state index contributed by atoms with van der Waals surface area (Å²) in [4.78, 5) is 23.4. The molecular formula is C14H13FN2O3. The quantitative estimate of drug-likeness (QED) is 0.823. The zero-order chi connectivity index (χ0) is 14.5. The normalized spacial score (nSPS) is 10.3. The molecule has 0 saturated carbocycles. The van der Waals surface area contributed by atoms with Crippen LogP contribution in [0.2, 0.25) is 0 Å². The largest absolute Gasteiger partial charge is 0.480 e. The first kappa shape index (κ1) is 13.9. The molecule has 0 saturated heterocycles. The van der Waals surface area contributed by atoms with Crippen LogP contribution in [0.25, 0.3) is 0 Å². The highest BCUT2D eigenvalue weighted by Crippen LogP contribution is 2.08. The van der Waals surface area contributed by atoms with Gasteiger partial charge in [0.25, 0.3) is 5.56 Å². The highest BCUT2D eigenvalue weighted by molar-refractivity contribution is 5.80. The fraction of sp³-hybridized carbons (Fsp3) is 0.214. The van der Waals surface area contributed by atoms with E-state index in [4.69, 9.17) is 4.74 Å². The number of nitrogens with zero attached hydrogens (tertiary/aromatic N) is 2. The summed E-state index contributed by atoms with van der Waals surface area (Å²) in [6, 6.07) is 8.72. The third kappa shape index (κ3) is 3.28. The van der Waals surface area contributed by atoms with Gasteiger partial charge in [-0.2, -0.15) is 0 Å². The molecule has 5 nitrogen and oxygen atoms in total. The molecule has 0 spiro atoms. The van der Waals surface area contributed by atoms with Crippen LogP contribution in [0.3, 0.4) is 0 Å². The van der Waals surface area contributed by atoms with Gasteiger partial charge in [-0.25, -0.2) is 9.07 Å². The van der Waals surface area contributed by atoms with Crippen LogP contribution in [0.1, 0.15) is 5.56 Å². The minimum absolute atomic E-state index is 0.0853. The van der Waals surface area contributed by atoms with E-state index >= 15 is 0 Å². The van der Waals surface area contributed by atoms with Gasteiger partial charge in [-0.05, 0) is 11.6 Å². The monoisotopic (exact) mass is 276 g/mol. The van der Waals surface area contributed by atoms with Gasteiger partial charge in [0.1, 0.15) is 12.4 Å². The fourth-order valence-electron chi connectivity index (χ4n) is 1.73. The van der Waals surface area contributed by atoms with Crippen LogP contribution in [-0.4, -0.2) is 22.7 Å². The Kier molecular flexibility index (Phi) is 4.24. The van der Waals surface area contributed by atoms with Crippen molar-refractivity contribution in [2.24, 2.45) is 0 Å². The summed E-state index contributed by atoms with van der Waals surface area (Å²) >= 11 is 0. The summed E-state index contributed by atoms with van der Waals surface area (Å²) in [5, 5.41) is 3.86. The molecule has 0 bridgehead atoms. The van der Waals surface area contributed by atoms with Crippen molar-refractivity contribution in [1.82, 2.24) is 9.78 Å². The smallest absolute Gasteiger partial charge is 0.267 e. The van der Waals surface area contributed by atoms with Crippen LogP contribution in [0.4, 0.5) is 4.39 Å². The summed E-state index contributed by atoms with van der Waals surface area (Å²) < 4.78 is 19.3. The number of ether oxygens (including phenoxy) is 1. The molecule has 20 heavy (non-hydrogen) atoms. The summed E-state index contributed by atoms with van der Waals surface area (Å²) in [5.74, 6) is -0.506. The maximum atomic E-state index is 13.4. The van der Waals surface area contributed by atoms with E-state index in [1.54, 1.807) is 12.1 Å². The molecule has 6 heteroatoms. The van der Waals surface area contributed by atoms with Gasteiger partial charge in [0.2, 0.25) is 5.88 Å². The van der Waals surface area contributed by atoms with Crippen molar-refractivity contribution in [2.45, 2.75) is 13.0 Å². The van der Waals surface area contributed by atoms with Crippen LogP contribution in [0.15, 0.2) is 41.2 Å². The predicted molar refractivity (Wildman–Crippen MR) is 70.2 cm³/mol. The first-order chi connectivity index (χ1) is 9.60. The van der Waals surface area contributed by atoms with Crippen molar-refractivity contribution in [3.63, 3.8) is 0 Å². The van der Waals surface area contributed by atoms with Gasteiger partial charge in [0, 0.05) is 18.6 Å². The van der Waals surface area contributed by atoms with E-state index in [1.165, 1.54) is 31.4 Å². The Balaban J connectivity index is 2.12. The molecule has 1 aromatic heterocycles. The Morgan fingerprint density at radius 2 is 2.05 bits per heavy atom. The topological polar surface area (TPSA) is 61.2 Å². The standard InChI is InChI=1S/C14H13FN2O3/c1-20-13-6-7-14(19)17(16-13)9-11(18)8-10-4-2-3-5-12(10)15/h2-7H,8-9H2,1H3. The lowest BCUT2D eigenvalue weighted by Crippen LogP contribution is -2.27. The average molecular weight is 276 g/mol. The lowest BCUT2D eigenvalue weighted by molar-refractivity contribution is -0.119. The van der Waals surface area contributed by atoms with Gasteiger partial charge in [-0.1, -0.05) is 18.2 Å². The van der Waals surface area contributed by atoms with Crippen molar-refractivity contribution in [2.75, 3.05) is 7.11 Å². The number of hydrogen-bond acceptors (Lipinski definition) is 4. The number of hydrogen-bond donors (Lipinski definition) is 0. The lowest BCUT2D eigenvalue weighted by Gasteiger charge is -2.06. The third-order valence-electron chi connectivity index (χ3n) is 2.72. The molecule has 0 aliphatic carbocycles. The van der Waals surface area contributed by atoms with Crippen molar-refractivity contribution < 1.29 is 13.9 Å². The molecule has 1 heterocycles. The highest BCUT2D eigenvalue weighted by Gasteiger charge is 2.10. The van der Waals surface area contributed by atoms with Gasteiger partial charge in [-0.3, -0.25) is 9.59 Å². The van der Waals surface area contributed by atoms with E-state index < -0.39 is 11.4 Å². The zero-order valence-corrected chi connectivity index (χ0v) is 10.9. The number of aromatic nitrogens is 2. The lowest BCUT2D eigenvalue weighted by atomic mass is 10.1. The fourth-order valence-corrected chi connectivity index (χ4v) is 1.73. The minimum Gasteiger partial charge on any atom is -0.480 e. The van der Waals surface area contributed by atoms with Gasteiger partial charge in [-0.15, -0.1) is 5.10 Å². The third-order valence-corrected chi connectivity index (χ3v) is 2.72. The molecule has 2 aromatic rings. The van der Waals surface area contributed by atoms with Gasteiger partial charge >= 0.3 is 0 Å². The molecule has 2 rings (SSSR count). The number of carbonyl (C=O) groups excluding carboxylic acids is 1. The van der Waals surface area contributed by atoms with E-state index in [0.717, 1.165) is 4.68 Å². The summed E-state index contributed by atoms with van der Waals surface area (Å²) in [5.41, 5.74) is -0.110. The van der Waals surface area contributed by atoms with Gasteiger partial charge < -0.3 is 4.74 Å². The van der Waals surface area contributed by atoms with Crippen LogP contribution in [0, 0.1) is 5.82 Å². The van der Waals surface area contributed by atoms with Crippen LogP contribution < -0.4 is 10.3 Å². The molecular weight excluding hydrogens is 263 g/mol. The Labute approximate surface area is 114 Å². The molecule has 0 unspecified atom stereocenters. The van der Waals surface area contributed by atoms with E-state index in [0.29, 0.717) is 5.56 Å². The van der Waals surface area contributed by atoms with Crippen LogP contribution in [0.5, 0.6) is 5.88 Å². The van der Waals surface area contributed by atoms with E-state index in [1.807, 2.05) is 0 Å². The Hall–Kier alpha value is -2.50. The van der Waals surface area contributed by atoms with Crippen LogP contribution in [-0.2, 0) is 17.8 Å². The summed E-state index contributed by atoms with van der Waals surface area (Å²) in [7, 11) is 1.41. The maximum Gasteiger partial charge on any atom is 0.267 e. The first-order valence-electron chi connectivity index (χ1n) is 5.97. The first-order valence-corrected chi connectivity index (χ1v) is 5.97. The van der Waals surface area contributed by atoms with Crippen molar-refractivity contribution in [1.29, 1.82) is 0 Å². The Bertz CT molecular complexity index is 682. The number of benzene rings is 1. The van der Waals surface area contributed by atoms with Gasteiger partial charge in [0.15, 0.2) is 5.78 Å². The average Bonchev–Trinajstić information content (AvgIpc) is 2.44. The second kappa shape index (κ2) is 6.10. The highest BCUT2D eigenvalue weighted by atomic mass is 19.1. The Morgan fingerprint density at radius 3 is 2.75 bits per heavy atom. The second-order valence-corrected chi connectivity index (χ2v) is 4.18. The molecule has 0 atom stereocenters. The number of rotatable bonds is 5. The SMILES string of the molecule is COc1ccc(=O)n(CC(=O)Cc2ccccc2F)n1. The molecule has 0 aliphatic heterocycles. The predicted octanol–water partition coefficient (Wildman–Crippen LogP) is 1.20. The molecule has 0 fully saturated rings. The van der Waals surface area contributed by atoms with Crippen molar-refractivity contribution in [3.8, 4) is 5.88 Å². The molecule has 0 amide bonds. The zero-order valence-electron chi connectivity index (χ0n) is 10.9. The van der Waals surface area contributed by atoms with E-state index in [9.17, 15) is 14.0 Å². The molecule has 0 N–H and O–H groups in total. The van der Waals surface area contributed by atoms with Crippen LogP contribution >= 0.6 is 0 Å². The Morgan fingerprint density at radius 1 is 1.30 bits per heavy atom. The van der Waals surface area contributed by atoms with E-state index in [2.05, 4.69) is 5.10 Å². The van der Waals surface area contributed by atoms with E-state index in [-0.39, 0.29) is 24.6 Å². The molecule has 1 aromatic carbocycles. The number of Topliss-reactive ketones (excluding diaryl/α,β-unsaturated/α-hetero) is 1. The number of methoxy groups -OCH3 is 1. The number of ketones is 1. The number of halogens is 1. The maximum absolute atomic E-state index is 13.4. The number of carbonyl (C=O) groups is 1. The second-order valence-electron chi connectivity index (χ2n) is 4.18. The van der Waals surface area contributed by atoms with Crippen molar-refractivity contribution in [3.05, 3.63) is 58.1 Å². The minimum atomic E-state index is -0.438. The van der Waals surface area contributed by atoms with Crippen molar-refractivity contribution >= 4 is 5.78 Å².